The van der Waals surface area contributed by atoms with E-state index in [1.54, 1.807) is 0 Å². The van der Waals surface area contributed by atoms with Gasteiger partial charge in [0.15, 0.2) is 5.82 Å². The van der Waals surface area contributed by atoms with E-state index >= 15 is 0 Å². The molecule has 7 heteroatoms. The molecule has 0 saturated carbocycles. The molecule has 0 atom stereocenters. The van der Waals surface area contributed by atoms with Gasteiger partial charge in [-0.2, -0.15) is 0 Å². The Kier molecular flexibility index (Phi) is 6.13. The minimum atomic E-state index is 0.423. The molecule has 7 nitrogen and oxygen atoms in total. The minimum absolute atomic E-state index is 0.423. The fourth-order valence-corrected chi connectivity index (χ4v) is 4.47. The molecule has 0 unspecified atom stereocenters. The lowest BCUT2D eigenvalue weighted by molar-refractivity contribution is 0.454. The Morgan fingerprint density at radius 1 is 1.10 bits per heavy atom. The van der Waals surface area contributed by atoms with Crippen LogP contribution in [0.15, 0.2) is 18.3 Å². The van der Waals surface area contributed by atoms with Crippen LogP contribution in [-0.4, -0.2) is 53.5 Å². The van der Waals surface area contributed by atoms with E-state index in [-0.39, 0.29) is 0 Å². The predicted molar refractivity (Wildman–Crippen MR) is 118 cm³/mol. The molecule has 3 N–H and O–H groups in total. The second-order valence-electron chi connectivity index (χ2n) is 8.22. The van der Waals surface area contributed by atoms with Crippen LogP contribution in [0, 0.1) is 5.41 Å². The number of pyridine rings is 1. The Bertz CT molecular complexity index is 843. The first-order valence-corrected chi connectivity index (χ1v) is 10.9. The van der Waals surface area contributed by atoms with Gasteiger partial charge in [0, 0.05) is 44.9 Å². The van der Waals surface area contributed by atoms with E-state index in [9.17, 15) is 0 Å². The van der Waals surface area contributed by atoms with E-state index in [4.69, 9.17) is 15.4 Å². The van der Waals surface area contributed by atoms with Gasteiger partial charge in [-0.25, -0.2) is 9.97 Å². The lowest BCUT2D eigenvalue weighted by Crippen LogP contribution is -2.26. The average molecular weight is 396 g/mol. The molecule has 0 amide bonds. The van der Waals surface area contributed by atoms with Crippen LogP contribution in [0.1, 0.15) is 61.5 Å². The van der Waals surface area contributed by atoms with Gasteiger partial charge in [-0.05, 0) is 50.9 Å². The molecule has 0 radical (unpaired) electrons. The zero-order chi connectivity index (χ0) is 20.2. The molecule has 2 aromatic rings. The standard InChI is InChI=1S/C22H33N7/c1-24-21-17(7-8-19(27-21)29-13-5-3-4-6-14-29)20(23)22-26-18(15-28(22)2)16-9-11-25-12-10-16/h7-8,15-16,23,25H,3-6,9-14H2,1-2H3,(H,24,27). The molecule has 29 heavy (non-hydrogen) atoms. The van der Waals surface area contributed by atoms with Crippen LogP contribution in [-0.2, 0) is 7.05 Å². The first-order chi connectivity index (χ1) is 14.2. The van der Waals surface area contributed by atoms with Crippen molar-refractivity contribution in [3.63, 3.8) is 0 Å². The van der Waals surface area contributed by atoms with E-state index < -0.39 is 0 Å². The lowest BCUT2D eigenvalue weighted by Gasteiger charge is -2.22. The van der Waals surface area contributed by atoms with Crippen LogP contribution in [0.2, 0.25) is 0 Å². The number of aryl methyl sites for hydroxylation is 1. The van der Waals surface area contributed by atoms with Gasteiger partial charge in [0.1, 0.15) is 17.3 Å². The largest absolute Gasteiger partial charge is 0.373 e. The molecule has 0 spiro atoms. The monoisotopic (exact) mass is 395 g/mol. The van der Waals surface area contributed by atoms with E-state index in [0.717, 1.165) is 61.9 Å². The summed E-state index contributed by atoms with van der Waals surface area (Å²) in [5.74, 6) is 2.95. The average Bonchev–Trinajstić information content (AvgIpc) is 2.97. The number of nitrogens with zero attached hydrogens (tertiary/aromatic N) is 4. The van der Waals surface area contributed by atoms with Crippen molar-refractivity contribution in [3.05, 3.63) is 35.4 Å². The molecular weight excluding hydrogens is 362 g/mol. The molecule has 2 aliphatic heterocycles. The van der Waals surface area contributed by atoms with Crippen LogP contribution in [0.25, 0.3) is 0 Å². The second kappa shape index (κ2) is 8.95. The summed E-state index contributed by atoms with van der Waals surface area (Å²) in [5.41, 5.74) is 2.33. The number of anilines is 2. The van der Waals surface area contributed by atoms with Crippen molar-refractivity contribution in [1.29, 1.82) is 5.41 Å². The molecule has 156 valence electrons. The van der Waals surface area contributed by atoms with Gasteiger partial charge in [0.05, 0.1) is 5.69 Å². The Morgan fingerprint density at radius 2 is 1.83 bits per heavy atom. The summed E-state index contributed by atoms with van der Waals surface area (Å²) in [6.45, 7) is 4.21. The van der Waals surface area contributed by atoms with E-state index in [2.05, 4.69) is 27.8 Å². The maximum atomic E-state index is 8.84. The predicted octanol–water partition coefficient (Wildman–Crippen LogP) is 3.12. The number of hydrogen-bond acceptors (Lipinski definition) is 6. The number of rotatable bonds is 5. The van der Waals surface area contributed by atoms with Crippen molar-refractivity contribution in [2.75, 3.05) is 43.4 Å². The molecule has 4 heterocycles. The molecule has 2 fully saturated rings. The summed E-state index contributed by atoms with van der Waals surface area (Å²) < 4.78 is 1.99. The minimum Gasteiger partial charge on any atom is -0.373 e. The molecule has 0 aromatic carbocycles. The summed E-state index contributed by atoms with van der Waals surface area (Å²) in [6.07, 6.45) is 9.36. The highest BCUT2D eigenvalue weighted by atomic mass is 15.2. The number of aromatic nitrogens is 3. The third-order valence-electron chi connectivity index (χ3n) is 6.19. The van der Waals surface area contributed by atoms with Crippen molar-refractivity contribution in [2.24, 2.45) is 7.05 Å². The van der Waals surface area contributed by atoms with Crippen molar-refractivity contribution in [2.45, 2.75) is 44.4 Å². The van der Waals surface area contributed by atoms with Crippen LogP contribution < -0.4 is 15.5 Å². The second-order valence-corrected chi connectivity index (χ2v) is 8.22. The third kappa shape index (κ3) is 4.29. The van der Waals surface area contributed by atoms with Crippen molar-refractivity contribution in [1.82, 2.24) is 19.9 Å². The van der Waals surface area contributed by atoms with Crippen LogP contribution >= 0.6 is 0 Å². The number of hydrogen-bond donors (Lipinski definition) is 3. The van der Waals surface area contributed by atoms with E-state index in [1.165, 1.54) is 25.7 Å². The third-order valence-corrected chi connectivity index (χ3v) is 6.19. The topological polar surface area (TPSA) is 81.9 Å². The van der Waals surface area contributed by atoms with Gasteiger partial charge in [0.2, 0.25) is 0 Å². The SMILES string of the molecule is CNc1nc(N2CCCCCC2)ccc1C(=N)c1nc(C2CCNCC2)cn1C. The Balaban J connectivity index is 1.59. The van der Waals surface area contributed by atoms with Gasteiger partial charge in [0.25, 0.3) is 0 Å². The number of piperidine rings is 1. The maximum absolute atomic E-state index is 8.84. The number of imidazole rings is 1. The summed E-state index contributed by atoms with van der Waals surface area (Å²) >= 11 is 0. The number of nitrogens with one attached hydrogen (secondary N) is 3. The van der Waals surface area contributed by atoms with Crippen LogP contribution in [0.3, 0.4) is 0 Å². The van der Waals surface area contributed by atoms with Crippen LogP contribution in [0.4, 0.5) is 11.6 Å². The smallest absolute Gasteiger partial charge is 0.158 e. The highest BCUT2D eigenvalue weighted by molar-refractivity contribution is 6.11. The molecule has 2 saturated heterocycles. The first-order valence-electron chi connectivity index (χ1n) is 10.9. The van der Waals surface area contributed by atoms with Gasteiger partial charge in [-0.3, -0.25) is 5.41 Å². The van der Waals surface area contributed by atoms with Crippen molar-refractivity contribution in [3.8, 4) is 0 Å². The summed E-state index contributed by atoms with van der Waals surface area (Å²) in [4.78, 5) is 12.1. The zero-order valence-corrected chi connectivity index (χ0v) is 17.7. The lowest BCUT2D eigenvalue weighted by atomic mass is 9.95. The maximum Gasteiger partial charge on any atom is 0.158 e. The molecular formula is C22H33N7. The molecule has 0 aliphatic carbocycles. The zero-order valence-electron chi connectivity index (χ0n) is 17.7. The Morgan fingerprint density at radius 3 is 2.52 bits per heavy atom. The fourth-order valence-electron chi connectivity index (χ4n) is 4.47. The molecule has 2 aromatic heterocycles. The first kappa shape index (κ1) is 19.9. The Labute approximate surface area is 173 Å². The molecule has 4 rings (SSSR count). The van der Waals surface area contributed by atoms with Gasteiger partial charge < -0.3 is 20.1 Å². The summed E-state index contributed by atoms with van der Waals surface area (Å²) in [6, 6.07) is 4.09. The highest BCUT2D eigenvalue weighted by Gasteiger charge is 2.22. The summed E-state index contributed by atoms with van der Waals surface area (Å²) in [5, 5.41) is 15.5. The van der Waals surface area contributed by atoms with Crippen molar-refractivity contribution < 1.29 is 0 Å². The van der Waals surface area contributed by atoms with E-state index in [0.29, 0.717) is 17.5 Å². The molecule has 2 aliphatic rings. The summed E-state index contributed by atoms with van der Waals surface area (Å²) in [7, 11) is 3.86. The molecule has 0 bridgehead atoms. The van der Waals surface area contributed by atoms with Gasteiger partial charge >= 0.3 is 0 Å². The quantitative estimate of drug-likeness (QED) is 0.678. The van der Waals surface area contributed by atoms with Crippen molar-refractivity contribution >= 4 is 17.3 Å². The fraction of sp³-hybridized carbons (Fsp3) is 0.591. The van der Waals surface area contributed by atoms with E-state index in [1.807, 2.05) is 24.7 Å². The Hall–Kier alpha value is -2.41. The van der Waals surface area contributed by atoms with Crippen LogP contribution in [0.5, 0.6) is 0 Å². The van der Waals surface area contributed by atoms with Gasteiger partial charge in [-0.15, -0.1) is 0 Å². The van der Waals surface area contributed by atoms with Gasteiger partial charge in [-0.1, -0.05) is 12.8 Å². The highest BCUT2D eigenvalue weighted by Crippen LogP contribution is 2.27. The normalized spacial score (nSPS) is 18.5.